The van der Waals surface area contributed by atoms with Crippen molar-refractivity contribution in [3.05, 3.63) is 34.1 Å². The smallest absolute Gasteiger partial charge is 0.308 e. The first-order valence-electron chi connectivity index (χ1n) is 5.92. The van der Waals surface area contributed by atoms with Crippen molar-refractivity contribution in [2.75, 3.05) is 6.54 Å². The van der Waals surface area contributed by atoms with Gasteiger partial charge in [0, 0.05) is 29.5 Å². The normalized spacial score (nSPS) is 19.6. The molecule has 0 radical (unpaired) electrons. The maximum Gasteiger partial charge on any atom is 0.308 e. The minimum atomic E-state index is -0.909. The van der Waals surface area contributed by atoms with Crippen molar-refractivity contribution >= 4 is 27.8 Å². The Balaban J connectivity index is 2.12. The number of carbonyl (C=O) groups excluding carboxylic acids is 1. The quantitative estimate of drug-likeness (QED) is 0.926. The molecule has 1 unspecified atom stereocenters. The van der Waals surface area contributed by atoms with Gasteiger partial charge in [-0.05, 0) is 18.6 Å². The van der Waals surface area contributed by atoms with Gasteiger partial charge in [-0.1, -0.05) is 22.0 Å². The number of aliphatic carboxylic acids is 1. The summed E-state index contributed by atoms with van der Waals surface area (Å²) in [5.74, 6) is -2.00. The van der Waals surface area contributed by atoms with E-state index in [4.69, 9.17) is 5.11 Å². The highest BCUT2D eigenvalue weighted by atomic mass is 79.9. The molecule has 102 valence electrons. The van der Waals surface area contributed by atoms with Crippen LogP contribution in [0.4, 0.5) is 4.39 Å². The van der Waals surface area contributed by atoms with E-state index in [1.807, 2.05) is 0 Å². The Kier molecular flexibility index (Phi) is 4.19. The molecule has 6 heteroatoms. The number of amides is 1. The van der Waals surface area contributed by atoms with Crippen LogP contribution in [0.3, 0.4) is 0 Å². The second kappa shape index (κ2) is 5.69. The highest BCUT2D eigenvalue weighted by molar-refractivity contribution is 9.10. The van der Waals surface area contributed by atoms with Crippen molar-refractivity contribution < 1.29 is 19.1 Å². The molecular weight excluding hydrogens is 317 g/mol. The molecule has 1 atom stereocenters. The lowest BCUT2D eigenvalue weighted by Gasteiger charge is -2.30. The van der Waals surface area contributed by atoms with Crippen molar-refractivity contribution in [1.29, 1.82) is 0 Å². The van der Waals surface area contributed by atoms with E-state index in [0.717, 1.165) is 0 Å². The molecule has 0 saturated carbocycles. The van der Waals surface area contributed by atoms with Crippen LogP contribution in [0.25, 0.3) is 0 Å². The summed E-state index contributed by atoms with van der Waals surface area (Å²) in [6.45, 7) is 0.255. The standard InChI is InChI=1S/C13H13BrFNO3/c14-10-3-1-8(11(15)5-10)6-16-7-9(13(18)19)2-4-12(16)17/h1,3,5,9H,2,4,6-7H2,(H,18,19). The van der Waals surface area contributed by atoms with Crippen LogP contribution in [0.1, 0.15) is 18.4 Å². The Bertz CT molecular complexity index is 521. The average Bonchev–Trinajstić information content (AvgIpc) is 2.34. The van der Waals surface area contributed by atoms with Crippen molar-refractivity contribution in [2.24, 2.45) is 5.92 Å². The van der Waals surface area contributed by atoms with E-state index < -0.39 is 17.7 Å². The first kappa shape index (κ1) is 14.0. The van der Waals surface area contributed by atoms with Crippen LogP contribution in [0, 0.1) is 11.7 Å². The molecular formula is C13H13BrFNO3. The number of hydrogen-bond acceptors (Lipinski definition) is 2. The summed E-state index contributed by atoms with van der Waals surface area (Å²) in [4.78, 5) is 24.1. The van der Waals surface area contributed by atoms with Crippen molar-refractivity contribution in [3.8, 4) is 0 Å². The molecule has 0 bridgehead atoms. The fourth-order valence-corrected chi connectivity index (χ4v) is 2.46. The average molecular weight is 330 g/mol. The molecule has 1 aliphatic rings. The van der Waals surface area contributed by atoms with Crippen molar-refractivity contribution in [2.45, 2.75) is 19.4 Å². The summed E-state index contributed by atoms with van der Waals surface area (Å²) in [6.07, 6.45) is 0.558. The fraction of sp³-hybridized carbons (Fsp3) is 0.385. The van der Waals surface area contributed by atoms with Gasteiger partial charge in [0.05, 0.1) is 5.92 Å². The number of hydrogen-bond donors (Lipinski definition) is 1. The Labute approximate surface area is 118 Å². The van der Waals surface area contributed by atoms with E-state index in [1.54, 1.807) is 12.1 Å². The van der Waals surface area contributed by atoms with Gasteiger partial charge in [-0.3, -0.25) is 9.59 Å². The molecule has 19 heavy (non-hydrogen) atoms. The van der Waals surface area contributed by atoms with Crippen LogP contribution in [-0.4, -0.2) is 28.4 Å². The van der Waals surface area contributed by atoms with E-state index in [0.29, 0.717) is 16.5 Å². The number of carbonyl (C=O) groups is 2. The van der Waals surface area contributed by atoms with Crippen molar-refractivity contribution in [1.82, 2.24) is 4.90 Å². The molecule has 1 N–H and O–H groups in total. The van der Waals surface area contributed by atoms with E-state index in [-0.39, 0.29) is 25.4 Å². The van der Waals surface area contributed by atoms with Gasteiger partial charge < -0.3 is 10.0 Å². The maximum absolute atomic E-state index is 13.7. The zero-order chi connectivity index (χ0) is 14.0. The third-order valence-corrected chi connectivity index (χ3v) is 3.72. The van der Waals surface area contributed by atoms with Crippen LogP contribution in [0.15, 0.2) is 22.7 Å². The number of rotatable bonds is 3. The second-order valence-corrected chi connectivity index (χ2v) is 5.50. The number of carboxylic acids is 1. The summed E-state index contributed by atoms with van der Waals surface area (Å²) in [5.41, 5.74) is 0.391. The van der Waals surface area contributed by atoms with Crippen LogP contribution in [0.2, 0.25) is 0 Å². The molecule has 2 rings (SSSR count). The number of carboxylic acid groups (broad SMARTS) is 1. The number of likely N-dealkylation sites (tertiary alicyclic amines) is 1. The summed E-state index contributed by atoms with van der Waals surface area (Å²) in [5, 5.41) is 8.98. The SMILES string of the molecule is O=C(O)C1CCC(=O)N(Cc2ccc(Br)cc2F)C1. The van der Waals surface area contributed by atoms with Gasteiger partial charge in [-0.15, -0.1) is 0 Å². The lowest BCUT2D eigenvalue weighted by Crippen LogP contribution is -2.42. The molecule has 1 saturated heterocycles. The van der Waals surface area contributed by atoms with E-state index in [9.17, 15) is 14.0 Å². The van der Waals surface area contributed by atoms with Crippen LogP contribution in [-0.2, 0) is 16.1 Å². The van der Waals surface area contributed by atoms with Gasteiger partial charge in [-0.25, -0.2) is 4.39 Å². The summed E-state index contributed by atoms with van der Waals surface area (Å²) >= 11 is 3.16. The first-order valence-corrected chi connectivity index (χ1v) is 6.71. The number of piperidine rings is 1. The number of benzene rings is 1. The molecule has 1 amide bonds. The molecule has 0 aromatic heterocycles. The minimum Gasteiger partial charge on any atom is -0.481 e. The van der Waals surface area contributed by atoms with Crippen molar-refractivity contribution in [3.63, 3.8) is 0 Å². The van der Waals surface area contributed by atoms with Gasteiger partial charge in [0.25, 0.3) is 0 Å². The molecule has 4 nitrogen and oxygen atoms in total. The zero-order valence-corrected chi connectivity index (χ0v) is 11.7. The Morgan fingerprint density at radius 2 is 2.26 bits per heavy atom. The molecule has 1 aliphatic heterocycles. The summed E-state index contributed by atoms with van der Waals surface area (Å²) in [7, 11) is 0. The highest BCUT2D eigenvalue weighted by Gasteiger charge is 2.30. The lowest BCUT2D eigenvalue weighted by atomic mass is 9.97. The predicted molar refractivity (Wildman–Crippen MR) is 69.9 cm³/mol. The van der Waals surface area contributed by atoms with E-state index in [2.05, 4.69) is 15.9 Å². The number of nitrogens with zero attached hydrogens (tertiary/aromatic N) is 1. The summed E-state index contributed by atoms with van der Waals surface area (Å²) < 4.78 is 14.3. The lowest BCUT2D eigenvalue weighted by molar-refractivity contribution is -0.147. The van der Waals surface area contributed by atoms with E-state index >= 15 is 0 Å². The molecule has 0 aliphatic carbocycles. The van der Waals surface area contributed by atoms with Gasteiger partial charge in [0.1, 0.15) is 5.82 Å². The molecule has 0 spiro atoms. The molecule has 1 fully saturated rings. The fourth-order valence-electron chi connectivity index (χ4n) is 2.12. The maximum atomic E-state index is 13.7. The Hall–Kier alpha value is -1.43. The molecule has 1 aromatic carbocycles. The predicted octanol–water partition coefficient (Wildman–Crippen LogP) is 2.41. The van der Waals surface area contributed by atoms with Crippen LogP contribution < -0.4 is 0 Å². The zero-order valence-electron chi connectivity index (χ0n) is 10.1. The minimum absolute atomic E-state index is 0.113. The van der Waals surface area contributed by atoms with E-state index in [1.165, 1.54) is 11.0 Å². The van der Waals surface area contributed by atoms with Gasteiger partial charge in [0.15, 0.2) is 0 Å². The third-order valence-electron chi connectivity index (χ3n) is 3.23. The molecule has 1 aromatic rings. The van der Waals surface area contributed by atoms with Gasteiger partial charge in [-0.2, -0.15) is 0 Å². The Morgan fingerprint density at radius 1 is 1.53 bits per heavy atom. The Morgan fingerprint density at radius 3 is 2.89 bits per heavy atom. The number of halogens is 2. The highest BCUT2D eigenvalue weighted by Crippen LogP contribution is 2.22. The molecule has 1 heterocycles. The summed E-state index contributed by atoms with van der Waals surface area (Å²) in [6, 6.07) is 4.62. The third kappa shape index (κ3) is 3.32. The largest absolute Gasteiger partial charge is 0.481 e. The second-order valence-electron chi connectivity index (χ2n) is 4.58. The first-order chi connectivity index (χ1) is 8.97. The van der Waals surface area contributed by atoms with Gasteiger partial charge >= 0.3 is 5.97 Å². The topological polar surface area (TPSA) is 57.6 Å². The van der Waals surface area contributed by atoms with Crippen LogP contribution >= 0.6 is 15.9 Å². The monoisotopic (exact) mass is 329 g/mol. The van der Waals surface area contributed by atoms with Gasteiger partial charge in [0.2, 0.25) is 5.91 Å². The van der Waals surface area contributed by atoms with Crippen LogP contribution in [0.5, 0.6) is 0 Å².